The van der Waals surface area contributed by atoms with E-state index in [4.69, 9.17) is 9.05 Å². The summed E-state index contributed by atoms with van der Waals surface area (Å²) in [6.45, 7) is 5.08. The van der Waals surface area contributed by atoms with Crippen molar-refractivity contribution in [3.05, 3.63) is 0 Å². The van der Waals surface area contributed by atoms with Gasteiger partial charge in [-0.3, -0.25) is 4.57 Å². The summed E-state index contributed by atoms with van der Waals surface area (Å²) in [6, 6.07) is 0. The van der Waals surface area contributed by atoms with Gasteiger partial charge in [0.1, 0.15) is 0 Å². The number of hydrogen-bond donors (Lipinski definition) is 0. The Kier molecular flexibility index (Phi) is 40.3. The Labute approximate surface area is 274 Å². The van der Waals surface area contributed by atoms with Gasteiger partial charge in [0.25, 0.3) is 7.82 Å². The summed E-state index contributed by atoms with van der Waals surface area (Å²) in [6.07, 6.45) is 41.9. The van der Waals surface area contributed by atoms with E-state index in [1.165, 1.54) is 180 Å². The van der Waals surface area contributed by atoms with Crippen molar-refractivity contribution >= 4 is 7.82 Å². The first kappa shape index (κ1) is 44.7. The molecule has 0 bridgehead atoms. The van der Waals surface area contributed by atoms with E-state index in [1.807, 2.05) is 0 Å². The number of unbranched alkanes of at least 4 members (excludes halogenated alkanes) is 30. The molecule has 0 aromatic rings. The van der Waals surface area contributed by atoms with Gasteiger partial charge in [-0.05, 0) is 12.8 Å². The minimum atomic E-state index is -4.12. The predicted molar refractivity (Wildman–Crippen MR) is 179 cm³/mol. The van der Waals surface area contributed by atoms with Crippen LogP contribution in [0.2, 0.25) is 0 Å². The molecule has 6 heteroatoms. The Hall–Kier alpha value is 0.616. The van der Waals surface area contributed by atoms with E-state index >= 15 is 0 Å². The van der Waals surface area contributed by atoms with Crippen molar-refractivity contribution in [2.75, 3.05) is 13.2 Å². The van der Waals surface area contributed by atoms with Crippen LogP contribution in [0.15, 0.2) is 0 Å². The zero-order valence-electron chi connectivity index (χ0n) is 28.5. The van der Waals surface area contributed by atoms with Crippen LogP contribution in [0.3, 0.4) is 0 Å². The fourth-order valence-electron chi connectivity index (χ4n) is 5.69. The Morgan fingerprint density at radius 2 is 0.524 bits per heavy atom. The van der Waals surface area contributed by atoms with Gasteiger partial charge >= 0.3 is 16.8 Å². The molecule has 0 aromatic heterocycles. The first-order valence-corrected chi connectivity index (χ1v) is 20.2. The molecule has 0 radical (unpaired) electrons. The molecule has 0 unspecified atom stereocenters. The molecular formula is C36H74CoO4P+2. The van der Waals surface area contributed by atoms with Crippen molar-refractivity contribution in [3.8, 4) is 0 Å². The third-order valence-electron chi connectivity index (χ3n) is 8.49. The third-order valence-corrected chi connectivity index (χ3v) is 9.49. The van der Waals surface area contributed by atoms with Gasteiger partial charge < -0.3 is 13.9 Å². The van der Waals surface area contributed by atoms with Gasteiger partial charge in [-0.2, -0.15) is 0 Å². The molecule has 0 heterocycles. The van der Waals surface area contributed by atoms with Gasteiger partial charge in [-0.1, -0.05) is 206 Å². The van der Waals surface area contributed by atoms with Gasteiger partial charge in [0.15, 0.2) is 0 Å². The topological polar surface area (TPSA) is 58.6 Å². The average molecular weight is 661 g/mol. The largest absolute Gasteiger partial charge is 3.00 e. The molecule has 0 spiro atoms. The van der Waals surface area contributed by atoms with Crippen molar-refractivity contribution in [2.45, 2.75) is 219 Å². The first-order valence-electron chi connectivity index (χ1n) is 18.7. The monoisotopic (exact) mass is 660 g/mol. The van der Waals surface area contributed by atoms with Gasteiger partial charge in [0.2, 0.25) is 0 Å². The van der Waals surface area contributed by atoms with E-state index in [1.54, 1.807) is 0 Å². The maximum Gasteiger partial charge on any atom is 3.00 e. The van der Waals surface area contributed by atoms with Crippen molar-refractivity contribution in [2.24, 2.45) is 0 Å². The van der Waals surface area contributed by atoms with Crippen LogP contribution in [0.5, 0.6) is 0 Å². The fraction of sp³-hybridized carbons (Fsp3) is 1.00. The fourth-order valence-corrected chi connectivity index (χ4v) is 6.47. The third kappa shape index (κ3) is 38.6. The van der Waals surface area contributed by atoms with Gasteiger partial charge in [0, 0.05) is 0 Å². The second kappa shape index (κ2) is 37.8. The molecule has 0 saturated carbocycles. The summed E-state index contributed by atoms with van der Waals surface area (Å²) >= 11 is 0. The molecular weight excluding hydrogens is 586 g/mol. The second-order valence-electron chi connectivity index (χ2n) is 12.7. The summed E-state index contributed by atoms with van der Waals surface area (Å²) in [5, 5.41) is 0. The van der Waals surface area contributed by atoms with E-state index in [9.17, 15) is 9.46 Å². The maximum atomic E-state index is 11.9. The Morgan fingerprint density at radius 1 is 0.357 bits per heavy atom. The van der Waals surface area contributed by atoms with Crippen LogP contribution >= 0.6 is 7.82 Å². The average Bonchev–Trinajstić information content (AvgIpc) is 2.96. The van der Waals surface area contributed by atoms with Gasteiger partial charge in [0.05, 0.1) is 13.2 Å². The van der Waals surface area contributed by atoms with E-state index in [2.05, 4.69) is 13.8 Å². The Balaban J connectivity index is 0. The molecule has 0 aromatic carbocycles. The molecule has 4 nitrogen and oxygen atoms in total. The van der Waals surface area contributed by atoms with E-state index in [-0.39, 0.29) is 30.0 Å². The van der Waals surface area contributed by atoms with Crippen LogP contribution in [0.25, 0.3) is 0 Å². The summed E-state index contributed by atoms with van der Waals surface area (Å²) in [5.41, 5.74) is 0. The van der Waals surface area contributed by atoms with Gasteiger partial charge in [-0.15, -0.1) is 0 Å². The Bertz CT molecular complexity index is 493. The quantitative estimate of drug-likeness (QED) is 0.0496. The maximum absolute atomic E-state index is 11.9. The van der Waals surface area contributed by atoms with Gasteiger partial charge in [-0.25, -0.2) is 0 Å². The van der Waals surface area contributed by atoms with E-state index in [0.717, 1.165) is 25.7 Å². The van der Waals surface area contributed by atoms with Crippen molar-refractivity contribution in [1.82, 2.24) is 0 Å². The number of hydrogen-bond acceptors (Lipinski definition) is 4. The SMILES string of the molecule is CCCCCCCCCCCCCCCCCCOP(=O)([O-])OCCCCCCCCCCCCCCCCCC.[Co+3]. The molecule has 0 amide bonds. The molecule has 0 aliphatic carbocycles. The smallest absolute Gasteiger partial charge is 0.756 e. The number of phosphoric acid groups is 1. The minimum absolute atomic E-state index is 0. The Morgan fingerprint density at radius 3 is 0.714 bits per heavy atom. The number of phosphoric ester groups is 1. The van der Waals surface area contributed by atoms with E-state index < -0.39 is 7.82 Å². The first-order chi connectivity index (χ1) is 20.1. The van der Waals surface area contributed by atoms with E-state index in [0.29, 0.717) is 0 Å². The minimum Gasteiger partial charge on any atom is -0.756 e. The van der Waals surface area contributed by atoms with Crippen LogP contribution in [0, 0.1) is 0 Å². The normalized spacial score (nSPS) is 11.7. The molecule has 0 saturated heterocycles. The molecule has 0 aliphatic rings. The number of rotatable bonds is 36. The summed E-state index contributed by atoms with van der Waals surface area (Å²) in [4.78, 5) is 11.9. The second-order valence-corrected chi connectivity index (χ2v) is 14.1. The summed E-state index contributed by atoms with van der Waals surface area (Å²) in [5.74, 6) is 0. The zero-order valence-corrected chi connectivity index (χ0v) is 30.4. The van der Waals surface area contributed by atoms with Crippen molar-refractivity contribution in [1.29, 1.82) is 0 Å². The zero-order chi connectivity index (χ0) is 30.0. The molecule has 0 rings (SSSR count). The standard InChI is InChI=1S/C36H75O4P.Co/c1-3-5-7-9-11-13-15-17-19-21-23-25-27-29-31-33-35-39-41(37,38)40-36-34-32-30-28-26-24-22-20-18-16-14-12-10-8-6-4-2;/h3-36H2,1-2H3,(H,37,38);/q;+3/p-1. The van der Waals surface area contributed by atoms with Crippen LogP contribution < -0.4 is 4.89 Å². The molecule has 0 N–H and O–H groups in total. The predicted octanol–water partition coefficient (Wildman–Crippen LogP) is 13.0. The van der Waals surface area contributed by atoms with Crippen LogP contribution in [0.4, 0.5) is 0 Å². The van der Waals surface area contributed by atoms with Crippen LogP contribution in [-0.2, 0) is 30.4 Å². The van der Waals surface area contributed by atoms with Crippen molar-refractivity contribution in [3.63, 3.8) is 0 Å². The summed E-state index contributed by atoms with van der Waals surface area (Å²) < 4.78 is 22.0. The molecule has 42 heavy (non-hydrogen) atoms. The molecule has 0 fully saturated rings. The molecule has 254 valence electrons. The summed E-state index contributed by atoms with van der Waals surface area (Å²) in [7, 11) is -4.12. The van der Waals surface area contributed by atoms with Crippen LogP contribution in [-0.4, -0.2) is 13.2 Å². The van der Waals surface area contributed by atoms with Crippen LogP contribution in [0.1, 0.15) is 219 Å². The molecule has 0 atom stereocenters. The van der Waals surface area contributed by atoms with Crippen molar-refractivity contribution < 1.29 is 35.3 Å². The molecule has 0 aliphatic heterocycles.